The Kier molecular flexibility index (Phi) is 6.37. The first-order valence-electron chi connectivity index (χ1n) is 6.01. The monoisotopic (exact) mass is 259 g/mol. The van der Waals surface area contributed by atoms with Gasteiger partial charge < -0.3 is 5.32 Å². The molecule has 0 atom stereocenters. The molecule has 0 spiro atoms. The SMILES string of the molecule is CNc1ccc(C)cc1.CSc1ccc(C)cc1. The zero-order chi connectivity index (χ0) is 13.4. The van der Waals surface area contributed by atoms with Gasteiger partial charge in [-0.2, -0.15) is 0 Å². The van der Waals surface area contributed by atoms with Gasteiger partial charge in [-0.3, -0.25) is 0 Å². The lowest BCUT2D eigenvalue weighted by molar-refractivity contribution is 1.38. The predicted octanol–water partition coefficient (Wildman–Crippen LogP) is 4.75. The summed E-state index contributed by atoms with van der Waals surface area (Å²) in [6.45, 7) is 4.18. The molecule has 2 rings (SSSR count). The van der Waals surface area contributed by atoms with Crippen molar-refractivity contribution >= 4 is 17.4 Å². The van der Waals surface area contributed by atoms with E-state index < -0.39 is 0 Å². The topological polar surface area (TPSA) is 12.0 Å². The third-order valence-electron chi connectivity index (χ3n) is 2.60. The normalized spacial score (nSPS) is 9.33. The molecular formula is C16H21NS. The van der Waals surface area contributed by atoms with Crippen LogP contribution in [0.2, 0.25) is 0 Å². The van der Waals surface area contributed by atoms with Crippen molar-refractivity contribution in [3.63, 3.8) is 0 Å². The van der Waals surface area contributed by atoms with Crippen LogP contribution in [0.3, 0.4) is 0 Å². The quantitative estimate of drug-likeness (QED) is 0.781. The standard InChI is InChI=1S/C8H11N.C8H10S/c2*1-7-3-5-8(9-2)6-4-7/h3-6,9H,1-2H3;3-6H,1-2H3. The smallest absolute Gasteiger partial charge is 0.0337 e. The summed E-state index contributed by atoms with van der Waals surface area (Å²) < 4.78 is 0. The van der Waals surface area contributed by atoms with Crippen LogP contribution in [0.5, 0.6) is 0 Å². The first kappa shape index (κ1) is 14.7. The molecule has 0 saturated heterocycles. The number of nitrogens with one attached hydrogen (secondary N) is 1. The first-order valence-corrected chi connectivity index (χ1v) is 7.23. The highest BCUT2D eigenvalue weighted by molar-refractivity contribution is 7.98. The van der Waals surface area contributed by atoms with Crippen LogP contribution in [0.15, 0.2) is 53.4 Å². The Morgan fingerprint density at radius 1 is 0.778 bits per heavy atom. The van der Waals surface area contributed by atoms with Gasteiger partial charge in [0.05, 0.1) is 0 Å². The molecule has 0 fully saturated rings. The lowest BCUT2D eigenvalue weighted by Crippen LogP contribution is -1.85. The fraction of sp³-hybridized carbons (Fsp3) is 0.250. The molecule has 2 aromatic carbocycles. The van der Waals surface area contributed by atoms with Crippen molar-refractivity contribution in [1.29, 1.82) is 0 Å². The Morgan fingerprint density at radius 3 is 1.61 bits per heavy atom. The summed E-state index contributed by atoms with van der Waals surface area (Å²) in [6, 6.07) is 16.8. The molecule has 0 bridgehead atoms. The van der Waals surface area contributed by atoms with Crippen LogP contribution in [0, 0.1) is 13.8 Å². The summed E-state index contributed by atoms with van der Waals surface area (Å²) in [6.07, 6.45) is 2.09. The van der Waals surface area contributed by atoms with Gasteiger partial charge in [0.15, 0.2) is 0 Å². The molecule has 0 heterocycles. The minimum atomic E-state index is 1.17. The zero-order valence-corrected chi connectivity index (χ0v) is 12.3. The van der Waals surface area contributed by atoms with Crippen LogP contribution in [0.1, 0.15) is 11.1 Å². The summed E-state index contributed by atoms with van der Waals surface area (Å²) in [5.74, 6) is 0. The van der Waals surface area contributed by atoms with Crippen LogP contribution in [0.4, 0.5) is 5.69 Å². The predicted molar refractivity (Wildman–Crippen MR) is 83.7 cm³/mol. The van der Waals surface area contributed by atoms with Gasteiger partial charge in [0.1, 0.15) is 0 Å². The molecule has 0 radical (unpaired) electrons. The van der Waals surface area contributed by atoms with Crippen LogP contribution in [-0.4, -0.2) is 13.3 Å². The molecule has 0 aromatic heterocycles. The van der Waals surface area contributed by atoms with Crippen molar-refractivity contribution in [2.75, 3.05) is 18.6 Å². The number of aryl methyl sites for hydroxylation is 2. The average molecular weight is 259 g/mol. The summed E-state index contributed by atoms with van der Waals surface area (Å²) in [4.78, 5) is 1.33. The van der Waals surface area contributed by atoms with E-state index in [9.17, 15) is 0 Å². The third-order valence-corrected chi connectivity index (χ3v) is 3.34. The van der Waals surface area contributed by atoms with Crippen molar-refractivity contribution in [3.05, 3.63) is 59.7 Å². The van der Waals surface area contributed by atoms with Crippen molar-refractivity contribution in [2.24, 2.45) is 0 Å². The fourth-order valence-electron chi connectivity index (χ4n) is 1.39. The largest absolute Gasteiger partial charge is 0.388 e. The molecule has 1 nitrogen and oxygen atoms in total. The third kappa shape index (κ3) is 5.28. The van der Waals surface area contributed by atoms with E-state index in [1.807, 2.05) is 7.05 Å². The highest BCUT2D eigenvalue weighted by Gasteiger charge is 1.85. The van der Waals surface area contributed by atoms with Gasteiger partial charge >= 0.3 is 0 Å². The highest BCUT2D eigenvalue weighted by atomic mass is 32.2. The van der Waals surface area contributed by atoms with Crippen LogP contribution >= 0.6 is 11.8 Å². The Labute approximate surface area is 115 Å². The van der Waals surface area contributed by atoms with Gasteiger partial charge in [0, 0.05) is 17.6 Å². The lowest BCUT2D eigenvalue weighted by atomic mass is 10.2. The van der Waals surface area contributed by atoms with Gasteiger partial charge in [-0.05, 0) is 44.4 Å². The molecule has 2 heteroatoms. The highest BCUT2D eigenvalue weighted by Crippen LogP contribution is 2.13. The zero-order valence-electron chi connectivity index (χ0n) is 11.5. The van der Waals surface area contributed by atoms with Gasteiger partial charge in [-0.1, -0.05) is 35.4 Å². The van der Waals surface area contributed by atoms with Crippen molar-refractivity contribution in [2.45, 2.75) is 18.7 Å². The van der Waals surface area contributed by atoms with Gasteiger partial charge in [-0.15, -0.1) is 11.8 Å². The number of benzene rings is 2. The van der Waals surface area contributed by atoms with E-state index in [2.05, 4.69) is 74.0 Å². The second-order valence-electron chi connectivity index (χ2n) is 4.13. The Hall–Kier alpha value is -1.41. The minimum Gasteiger partial charge on any atom is -0.388 e. The summed E-state index contributed by atoms with van der Waals surface area (Å²) in [7, 11) is 1.92. The van der Waals surface area contributed by atoms with E-state index in [4.69, 9.17) is 0 Å². The maximum atomic E-state index is 3.05. The van der Waals surface area contributed by atoms with Gasteiger partial charge in [0.2, 0.25) is 0 Å². The minimum absolute atomic E-state index is 1.17. The second kappa shape index (κ2) is 7.83. The summed E-state index contributed by atoms with van der Waals surface area (Å²) >= 11 is 1.78. The maximum absolute atomic E-state index is 3.05. The molecule has 96 valence electrons. The Morgan fingerprint density at radius 2 is 1.22 bits per heavy atom. The molecule has 0 aliphatic rings. The number of anilines is 1. The van der Waals surface area contributed by atoms with Crippen molar-refractivity contribution in [3.8, 4) is 0 Å². The number of rotatable bonds is 2. The number of hydrogen-bond donors (Lipinski definition) is 1. The number of thioether (sulfide) groups is 1. The molecule has 0 amide bonds. The molecule has 18 heavy (non-hydrogen) atoms. The molecule has 2 aromatic rings. The molecule has 0 unspecified atom stereocenters. The molecular weight excluding hydrogens is 238 g/mol. The van der Waals surface area contributed by atoms with E-state index in [1.165, 1.54) is 21.7 Å². The maximum Gasteiger partial charge on any atom is 0.0337 e. The molecule has 0 aliphatic carbocycles. The Balaban J connectivity index is 0.000000180. The van der Waals surface area contributed by atoms with Crippen LogP contribution < -0.4 is 5.32 Å². The first-order chi connectivity index (χ1) is 8.65. The van der Waals surface area contributed by atoms with Crippen LogP contribution in [-0.2, 0) is 0 Å². The van der Waals surface area contributed by atoms with Gasteiger partial charge in [0.25, 0.3) is 0 Å². The van der Waals surface area contributed by atoms with Gasteiger partial charge in [-0.25, -0.2) is 0 Å². The fourth-order valence-corrected chi connectivity index (χ4v) is 1.80. The lowest BCUT2D eigenvalue weighted by Gasteiger charge is -1.97. The van der Waals surface area contributed by atoms with Crippen LogP contribution in [0.25, 0.3) is 0 Å². The molecule has 1 N–H and O–H groups in total. The molecule has 0 aliphatic heterocycles. The van der Waals surface area contributed by atoms with Crippen molar-refractivity contribution in [1.82, 2.24) is 0 Å². The second-order valence-corrected chi connectivity index (χ2v) is 5.01. The summed E-state index contributed by atoms with van der Waals surface area (Å²) in [5.41, 5.74) is 3.79. The van der Waals surface area contributed by atoms with Crippen molar-refractivity contribution < 1.29 is 0 Å². The van der Waals surface area contributed by atoms with E-state index in [1.54, 1.807) is 11.8 Å². The van der Waals surface area contributed by atoms with E-state index in [0.29, 0.717) is 0 Å². The Bertz CT molecular complexity index is 400. The summed E-state index contributed by atoms with van der Waals surface area (Å²) in [5, 5.41) is 3.05. The van der Waals surface area contributed by atoms with E-state index >= 15 is 0 Å². The number of hydrogen-bond acceptors (Lipinski definition) is 2. The average Bonchev–Trinajstić information content (AvgIpc) is 2.41. The van der Waals surface area contributed by atoms with E-state index in [-0.39, 0.29) is 0 Å². The molecule has 0 saturated carbocycles. The van der Waals surface area contributed by atoms with E-state index in [0.717, 1.165) is 0 Å².